The topological polar surface area (TPSA) is 87.6 Å². The van der Waals surface area contributed by atoms with Crippen molar-refractivity contribution in [2.24, 2.45) is 0 Å². The minimum Gasteiger partial charge on any atom is -0.495 e. The van der Waals surface area contributed by atoms with Crippen LogP contribution in [0.3, 0.4) is 0 Å². The Morgan fingerprint density at radius 2 is 1.19 bits per heavy atom. The highest BCUT2D eigenvalue weighted by molar-refractivity contribution is 6.12. The predicted octanol–water partition coefficient (Wildman–Crippen LogP) is 3.94. The van der Waals surface area contributed by atoms with Gasteiger partial charge in [0.25, 0.3) is 0 Å². The van der Waals surface area contributed by atoms with Crippen molar-refractivity contribution >= 4 is 29.3 Å². The molecule has 0 aliphatic heterocycles. The van der Waals surface area contributed by atoms with Gasteiger partial charge in [-0.05, 0) is 72.5 Å². The second-order valence-corrected chi connectivity index (χ2v) is 5.99. The molecule has 0 aliphatic rings. The molecule has 4 N–H and O–H groups in total. The molecular formula is C21H24N2O3. The highest BCUT2D eigenvalue weighted by Gasteiger charge is 2.09. The molecule has 0 aromatic heterocycles. The van der Waals surface area contributed by atoms with Crippen molar-refractivity contribution in [3.8, 4) is 11.5 Å². The van der Waals surface area contributed by atoms with Crippen LogP contribution in [0.4, 0.5) is 11.4 Å². The monoisotopic (exact) mass is 352 g/mol. The second kappa shape index (κ2) is 8.25. The van der Waals surface area contributed by atoms with Crippen LogP contribution < -0.4 is 20.9 Å². The molecule has 26 heavy (non-hydrogen) atoms. The van der Waals surface area contributed by atoms with Crippen LogP contribution in [0, 0.1) is 0 Å². The number of benzene rings is 2. The normalized spacial score (nSPS) is 12.0. The number of methoxy groups -OCH3 is 2. The molecule has 0 unspecified atom stereocenters. The summed E-state index contributed by atoms with van der Waals surface area (Å²) in [5.74, 6) is 1.12. The standard InChI is InChI=1S/C21H24N2O3/c1-13(9-15-5-7-17(22)19(11-15)25-3)21(24)14(2)10-16-6-8-18(23)20(12-16)26-4/h5-12H,22-23H2,1-4H3. The van der Waals surface area contributed by atoms with E-state index in [1.807, 2.05) is 24.3 Å². The van der Waals surface area contributed by atoms with Crippen LogP contribution in [0.5, 0.6) is 11.5 Å². The zero-order valence-electron chi connectivity index (χ0n) is 15.5. The summed E-state index contributed by atoms with van der Waals surface area (Å²) in [6.45, 7) is 3.57. The van der Waals surface area contributed by atoms with Gasteiger partial charge >= 0.3 is 0 Å². The number of carbonyl (C=O) groups is 1. The van der Waals surface area contributed by atoms with E-state index in [-0.39, 0.29) is 5.78 Å². The number of hydrogen-bond acceptors (Lipinski definition) is 5. The lowest BCUT2D eigenvalue weighted by atomic mass is 10.0. The highest BCUT2D eigenvalue weighted by atomic mass is 16.5. The summed E-state index contributed by atoms with van der Waals surface area (Å²) in [6, 6.07) is 10.8. The molecule has 0 bridgehead atoms. The number of nitrogen functional groups attached to an aromatic ring is 2. The van der Waals surface area contributed by atoms with Gasteiger partial charge < -0.3 is 20.9 Å². The van der Waals surface area contributed by atoms with Gasteiger partial charge in [0.2, 0.25) is 0 Å². The zero-order valence-corrected chi connectivity index (χ0v) is 15.5. The van der Waals surface area contributed by atoms with Gasteiger partial charge in [-0.25, -0.2) is 0 Å². The number of rotatable bonds is 6. The lowest BCUT2D eigenvalue weighted by Gasteiger charge is -2.07. The number of ether oxygens (including phenoxy) is 2. The van der Waals surface area contributed by atoms with Gasteiger partial charge in [-0.1, -0.05) is 12.1 Å². The van der Waals surface area contributed by atoms with E-state index >= 15 is 0 Å². The maximum atomic E-state index is 12.6. The zero-order chi connectivity index (χ0) is 19.3. The van der Waals surface area contributed by atoms with Crippen molar-refractivity contribution in [3.63, 3.8) is 0 Å². The molecule has 0 saturated heterocycles. The number of Topliss-reactive ketones (excluding diaryl/α,β-unsaturated/α-hetero) is 1. The van der Waals surface area contributed by atoms with Crippen molar-refractivity contribution in [2.75, 3.05) is 25.7 Å². The molecule has 5 heteroatoms. The van der Waals surface area contributed by atoms with Crippen molar-refractivity contribution in [1.82, 2.24) is 0 Å². The summed E-state index contributed by atoms with van der Waals surface area (Å²) in [4.78, 5) is 12.6. The Morgan fingerprint density at radius 1 is 0.808 bits per heavy atom. The first-order valence-corrected chi connectivity index (χ1v) is 8.14. The third-order valence-corrected chi connectivity index (χ3v) is 4.00. The van der Waals surface area contributed by atoms with Gasteiger partial charge in [-0.15, -0.1) is 0 Å². The minimum atomic E-state index is -0.0448. The smallest absolute Gasteiger partial charge is 0.184 e. The molecule has 5 nitrogen and oxygen atoms in total. The van der Waals surface area contributed by atoms with Crippen molar-refractivity contribution in [2.45, 2.75) is 13.8 Å². The van der Waals surface area contributed by atoms with Crippen LogP contribution in [0.2, 0.25) is 0 Å². The summed E-state index contributed by atoms with van der Waals surface area (Å²) in [5.41, 5.74) is 15.7. The number of anilines is 2. The molecule has 136 valence electrons. The molecule has 0 heterocycles. The minimum absolute atomic E-state index is 0.0448. The second-order valence-electron chi connectivity index (χ2n) is 5.99. The van der Waals surface area contributed by atoms with E-state index in [1.54, 1.807) is 52.3 Å². The Hall–Kier alpha value is -3.21. The number of allylic oxidation sites excluding steroid dienone is 2. The molecule has 0 radical (unpaired) electrons. The van der Waals surface area contributed by atoms with Crippen molar-refractivity contribution < 1.29 is 14.3 Å². The predicted molar refractivity (Wildman–Crippen MR) is 107 cm³/mol. The molecule has 2 rings (SSSR count). The van der Waals surface area contributed by atoms with Gasteiger partial charge in [-0.2, -0.15) is 0 Å². The molecule has 0 saturated carbocycles. The Bertz CT molecular complexity index is 811. The van der Waals surface area contributed by atoms with Gasteiger partial charge in [-0.3, -0.25) is 4.79 Å². The van der Waals surface area contributed by atoms with E-state index in [0.29, 0.717) is 34.0 Å². The Balaban J connectivity index is 2.26. The summed E-state index contributed by atoms with van der Waals surface area (Å²) in [7, 11) is 3.12. The van der Waals surface area contributed by atoms with E-state index in [1.165, 1.54) is 0 Å². The molecule has 0 fully saturated rings. The van der Waals surface area contributed by atoms with Gasteiger partial charge in [0.05, 0.1) is 25.6 Å². The Labute approximate surface area is 153 Å². The number of nitrogens with two attached hydrogens (primary N) is 2. The molecule has 0 spiro atoms. The fourth-order valence-electron chi connectivity index (χ4n) is 2.58. The molecule has 0 aliphatic carbocycles. The van der Waals surface area contributed by atoms with Crippen LogP contribution in [-0.2, 0) is 4.79 Å². The van der Waals surface area contributed by atoms with Crippen LogP contribution >= 0.6 is 0 Å². The van der Waals surface area contributed by atoms with E-state index in [2.05, 4.69) is 0 Å². The third kappa shape index (κ3) is 4.45. The van der Waals surface area contributed by atoms with Crippen LogP contribution in [-0.4, -0.2) is 20.0 Å². The lowest BCUT2D eigenvalue weighted by molar-refractivity contribution is -0.112. The van der Waals surface area contributed by atoms with Crippen molar-refractivity contribution in [1.29, 1.82) is 0 Å². The quantitative estimate of drug-likeness (QED) is 0.607. The molecule has 2 aromatic carbocycles. The van der Waals surface area contributed by atoms with Crippen molar-refractivity contribution in [3.05, 3.63) is 58.7 Å². The summed E-state index contributed by atoms with van der Waals surface area (Å²) in [6.07, 6.45) is 3.62. The molecule has 2 aromatic rings. The number of hydrogen-bond donors (Lipinski definition) is 2. The van der Waals surface area contributed by atoms with Crippen LogP contribution in [0.25, 0.3) is 12.2 Å². The summed E-state index contributed by atoms with van der Waals surface area (Å²) >= 11 is 0. The van der Waals surface area contributed by atoms with Gasteiger partial charge in [0.15, 0.2) is 5.78 Å². The first kappa shape index (κ1) is 19.1. The molecule has 0 atom stereocenters. The van der Waals surface area contributed by atoms with Gasteiger partial charge in [0, 0.05) is 0 Å². The van der Waals surface area contributed by atoms with E-state index < -0.39 is 0 Å². The van der Waals surface area contributed by atoms with Crippen LogP contribution in [0.15, 0.2) is 47.5 Å². The molecular weight excluding hydrogens is 328 g/mol. The first-order chi connectivity index (χ1) is 12.3. The number of ketones is 1. The Morgan fingerprint density at radius 3 is 1.54 bits per heavy atom. The third-order valence-electron chi connectivity index (χ3n) is 4.00. The maximum absolute atomic E-state index is 12.6. The fraction of sp³-hybridized carbons (Fsp3) is 0.190. The van der Waals surface area contributed by atoms with E-state index in [4.69, 9.17) is 20.9 Å². The number of carbonyl (C=O) groups excluding carboxylic acids is 1. The van der Waals surface area contributed by atoms with Gasteiger partial charge in [0.1, 0.15) is 11.5 Å². The lowest BCUT2D eigenvalue weighted by Crippen LogP contribution is -2.01. The van der Waals surface area contributed by atoms with Crippen LogP contribution in [0.1, 0.15) is 25.0 Å². The van der Waals surface area contributed by atoms with E-state index in [0.717, 1.165) is 11.1 Å². The highest BCUT2D eigenvalue weighted by Crippen LogP contribution is 2.25. The average Bonchev–Trinajstić information content (AvgIpc) is 2.63. The Kier molecular flexibility index (Phi) is 6.07. The average molecular weight is 352 g/mol. The SMILES string of the molecule is COc1cc(C=C(C)C(=O)C(C)=Cc2ccc(N)c(OC)c2)ccc1N. The largest absolute Gasteiger partial charge is 0.495 e. The maximum Gasteiger partial charge on any atom is 0.184 e. The van der Waals surface area contributed by atoms with E-state index in [9.17, 15) is 4.79 Å². The first-order valence-electron chi connectivity index (χ1n) is 8.14. The summed E-state index contributed by atoms with van der Waals surface area (Å²) in [5, 5.41) is 0. The molecule has 0 amide bonds. The fourth-order valence-corrected chi connectivity index (χ4v) is 2.58. The summed E-state index contributed by atoms with van der Waals surface area (Å²) < 4.78 is 10.4.